The van der Waals surface area contributed by atoms with Gasteiger partial charge in [-0.25, -0.2) is 0 Å². The molecule has 3 aromatic rings. The molecule has 6 nitrogen and oxygen atoms in total. The van der Waals surface area contributed by atoms with Crippen molar-refractivity contribution in [1.82, 2.24) is 20.1 Å². The van der Waals surface area contributed by atoms with Crippen LogP contribution in [0.4, 0.5) is 0 Å². The van der Waals surface area contributed by atoms with Crippen molar-refractivity contribution >= 4 is 5.91 Å². The lowest BCUT2D eigenvalue weighted by Gasteiger charge is -2.25. The van der Waals surface area contributed by atoms with E-state index in [1.807, 2.05) is 25.7 Å². The predicted octanol–water partition coefficient (Wildman–Crippen LogP) is 5.09. The standard InChI is InChI=1S/C26H32N4O2/c1-17(2)26-29-28-24(32-26)11-12-25(31)30-13-7-10-23(30)22-16-20(14-19(4)27-22)15-21-9-6-5-8-18(21)3/h5-6,8-9,14,16-17,23H,7,10-13,15H2,1-4H3/t23-/m1/s1. The fourth-order valence-electron chi connectivity index (χ4n) is 4.40. The Balaban J connectivity index is 1.46. The van der Waals surface area contributed by atoms with E-state index in [0.29, 0.717) is 24.6 Å². The Hall–Kier alpha value is -3.02. The van der Waals surface area contributed by atoms with E-state index in [1.54, 1.807) is 0 Å². The van der Waals surface area contributed by atoms with E-state index in [2.05, 4.69) is 53.5 Å². The first-order valence-corrected chi connectivity index (χ1v) is 11.5. The average molecular weight is 433 g/mol. The van der Waals surface area contributed by atoms with Gasteiger partial charge in [-0.05, 0) is 61.9 Å². The minimum absolute atomic E-state index is 0.0342. The summed E-state index contributed by atoms with van der Waals surface area (Å²) in [4.78, 5) is 19.9. The molecule has 1 amide bonds. The number of aryl methyl sites for hydroxylation is 3. The van der Waals surface area contributed by atoms with Gasteiger partial charge in [-0.2, -0.15) is 0 Å². The van der Waals surface area contributed by atoms with Crippen molar-refractivity contribution in [3.63, 3.8) is 0 Å². The molecule has 0 saturated carbocycles. The number of hydrogen-bond acceptors (Lipinski definition) is 5. The Labute approximate surface area is 190 Å². The second kappa shape index (κ2) is 9.63. The molecule has 0 radical (unpaired) electrons. The molecule has 1 saturated heterocycles. The second-order valence-corrected chi connectivity index (χ2v) is 9.08. The van der Waals surface area contributed by atoms with E-state index in [0.717, 1.165) is 37.2 Å². The number of carbonyl (C=O) groups is 1. The van der Waals surface area contributed by atoms with Crippen LogP contribution >= 0.6 is 0 Å². The number of rotatable bonds is 7. The summed E-state index contributed by atoms with van der Waals surface area (Å²) < 4.78 is 5.66. The summed E-state index contributed by atoms with van der Waals surface area (Å²) >= 11 is 0. The van der Waals surface area contributed by atoms with Gasteiger partial charge in [0.1, 0.15) is 0 Å². The summed E-state index contributed by atoms with van der Waals surface area (Å²) in [5, 5.41) is 8.15. The van der Waals surface area contributed by atoms with E-state index in [4.69, 9.17) is 9.40 Å². The quantitative estimate of drug-likeness (QED) is 0.520. The molecular weight excluding hydrogens is 400 g/mol. The van der Waals surface area contributed by atoms with E-state index >= 15 is 0 Å². The largest absolute Gasteiger partial charge is 0.425 e. The van der Waals surface area contributed by atoms with Gasteiger partial charge in [0.05, 0.1) is 11.7 Å². The van der Waals surface area contributed by atoms with Gasteiger partial charge in [0, 0.05) is 31.0 Å². The average Bonchev–Trinajstić information content (AvgIpc) is 3.43. The zero-order valence-electron chi connectivity index (χ0n) is 19.5. The Bertz CT molecular complexity index is 1090. The lowest BCUT2D eigenvalue weighted by atomic mass is 9.98. The SMILES string of the molecule is Cc1cc(Cc2ccccc2C)cc([C@H]2CCCN2C(=O)CCc2nnc(C(C)C)o2)n1. The molecule has 1 fully saturated rings. The number of pyridine rings is 1. The van der Waals surface area contributed by atoms with E-state index < -0.39 is 0 Å². The summed E-state index contributed by atoms with van der Waals surface area (Å²) in [5.41, 5.74) is 5.86. The Morgan fingerprint density at radius 2 is 2.00 bits per heavy atom. The van der Waals surface area contributed by atoms with Crippen LogP contribution in [0.5, 0.6) is 0 Å². The first kappa shape index (κ1) is 22.2. The zero-order valence-corrected chi connectivity index (χ0v) is 19.5. The van der Waals surface area contributed by atoms with Gasteiger partial charge in [-0.1, -0.05) is 38.1 Å². The van der Waals surface area contributed by atoms with Crippen molar-refractivity contribution in [2.24, 2.45) is 0 Å². The van der Waals surface area contributed by atoms with Gasteiger partial charge < -0.3 is 9.32 Å². The molecule has 6 heteroatoms. The smallest absolute Gasteiger partial charge is 0.223 e. The first-order valence-electron chi connectivity index (χ1n) is 11.5. The molecule has 1 atom stereocenters. The molecular formula is C26H32N4O2. The summed E-state index contributed by atoms with van der Waals surface area (Å²) in [7, 11) is 0. The van der Waals surface area contributed by atoms with E-state index in [1.165, 1.54) is 16.7 Å². The van der Waals surface area contributed by atoms with Crippen LogP contribution in [0.25, 0.3) is 0 Å². The fraction of sp³-hybridized carbons (Fsp3) is 0.462. The Morgan fingerprint density at radius 3 is 2.75 bits per heavy atom. The highest BCUT2D eigenvalue weighted by Crippen LogP contribution is 2.32. The molecule has 0 aliphatic carbocycles. The number of aromatic nitrogens is 3. The molecule has 0 N–H and O–H groups in total. The number of amides is 1. The molecule has 0 spiro atoms. The Kier molecular flexibility index (Phi) is 6.68. The minimum atomic E-state index is 0.0342. The normalized spacial score (nSPS) is 16.2. The molecule has 1 aliphatic rings. The van der Waals surface area contributed by atoms with Crippen LogP contribution in [0.1, 0.15) is 84.9 Å². The number of carbonyl (C=O) groups excluding carboxylic acids is 1. The molecule has 2 aromatic heterocycles. The topological polar surface area (TPSA) is 72.1 Å². The van der Waals surface area contributed by atoms with E-state index in [9.17, 15) is 4.79 Å². The van der Waals surface area contributed by atoms with Crippen molar-refractivity contribution in [2.75, 3.05) is 6.54 Å². The van der Waals surface area contributed by atoms with Crippen LogP contribution in [-0.2, 0) is 17.6 Å². The number of benzene rings is 1. The minimum Gasteiger partial charge on any atom is -0.425 e. The molecule has 1 aliphatic heterocycles. The molecule has 1 aromatic carbocycles. The third-order valence-corrected chi connectivity index (χ3v) is 6.13. The highest BCUT2D eigenvalue weighted by Gasteiger charge is 2.31. The van der Waals surface area contributed by atoms with Gasteiger partial charge in [-0.3, -0.25) is 9.78 Å². The van der Waals surface area contributed by atoms with Crippen molar-refractivity contribution in [3.05, 3.63) is 76.3 Å². The van der Waals surface area contributed by atoms with Crippen molar-refractivity contribution in [2.45, 2.75) is 71.8 Å². The van der Waals surface area contributed by atoms with Crippen LogP contribution in [0.15, 0.2) is 40.8 Å². The lowest BCUT2D eigenvalue weighted by Crippen LogP contribution is -2.31. The van der Waals surface area contributed by atoms with E-state index in [-0.39, 0.29) is 17.9 Å². The second-order valence-electron chi connectivity index (χ2n) is 9.08. The van der Waals surface area contributed by atoms with Crippen LogP contribution in [-0.4, -0.2) is 32.5 Å². The fourth-order valence-corrected chi connectivity index (χ4v) is 4.40. The van der Waals surface area contributed by atoms with Gasteiger partial charge in [0.25, 0.3) is 0 Å². The molecule has 4 rings (SSSR count). The van der Waals surface area contributed by atoms with Crippen molar-refractivity contribution < 1.29 is 9.21 Å². The van der Waals surface area contributed by atoms with Crippen molar-refractivity contribution in [1.29, 1.82) is 0 Å². The molecule has 168 valence electrons. The molecule has 3 heterocycles. The van der Waals surface area contributed by atoms with Gasteiger partial charge >= 0.3 is 0 Å². The zero-order chi connectivity index (χ0) is 22.7. The molecule has 0 bridgehead atoms. The highest BCUT2D eigenvalue weighted by molar-refractivity contribution is 5.77. The van der Waals surface area contributed by atoms with Crippen LogP contribution in [0.2, 0.25) is 0 Å². The summed E-state index contributed by atoms with van der Waals surface area (Å²) in [5.74, 6) is 1.47. The highest BCUT2D eigenvalue weighted by atomic mass is 16.4. The van der Waals surface area contributed by atoms with Crippen LogP contribution in [0.3, 0.4) is 0 Å². The lowest BCUT2D eigenvalue weighted by molar-refractivity contribution is -0.132. The van der Waals surface area contributed by atoms with Gasteiger partial charge in [0.2, 0.25) is 17.7 Å². The molecule has 32 heavy (non-hydrogen) atoms. The predicted molar refractivity (Wildman–Crippen MR) is 123 cm³/mol. The monoisotopic (exact) mass is 432 g/mol. The van der Waals surface area contributed by atoms with Crippen LogP contribution < -0.4 is 0 Å². The van der Waals surface area contributed by atoms with Crippen molar-refractivity contribution in [3.8, 4) is 0 Å². The van der Waals surface area contributed by atoms with Gasteiger partial charge in [0.15, 0.2) is 0 Å². The summed E-state index contributed by atoms with van der Waals surface area (Å²) in [6, 6.07) is 12.9. The maximum atomic E-state index is 13.1. The first-order chi connectivity index (χ1) is 15.4. The third kappa shape index (κ3) is 5.06. The number of likely N-dealkylation sites (tertiary alicyclic amines) is 1. The maximum Gasteiger partial charge on any atom is 0.223 e. The molecule has 0 unspecified atom stereocenters. The Morgan fingerprint density at radius 1 is 1.19 bits per heavy atom. The number of hydrogen-bond donors (Lipinski definition) is 0. The van der Waals surface area contributed by atoms with Crippen LogP contribution in [0, 0.1) is 13.8 Å². The summed E-state index contributed by atoms with van der Waals surface area (Å²) in [6.45, 7) is 8.98. The number of nitrogens with zero attached hydrogens (tertiary/aromatic N) is 4. The third-order valence-electron chi connectivity index (χ3n) is 6.13. The summed E-state index contributed by atoms with van der Waals surface area (Å²) in [6.07, 6.45) is 3.67. The van der Waals surface area contributed by atoms with Gasteiger partial charge in [-0.15, -0.1) is 10.2 Å². The maximum absolute atomic E-state index is 13.1.